The highest BCUT2D eigenvalue weighted by Crippen LogP contribution is 2.38. The van der Waals surface area contributed by atoms with Gasteiger partial charge >= 0.3 is 6.09 Å². The number of aliphatic hydroxyl groups is 1. The van der Waals surface area contributed by atoms with E-state index in [1.54, 1.807) is 6.92 Å². The topological polar surface area (TPSA) is 76.0 Å². The largest absolute Gasteiger partial charge is 0.512 e. The van der Waals surface area contributed by atoms with Crippen LogP contribution in [0.15, 0.2) is 28.5 Å². The molecule has 0 saturated carbocycles. The van der Waals surface area contributed by atoms with Gasteiger partial charge in [-0.05, 0) is 63.1 Å². The average Bonchev–Trinajstić information content (AvgIpc) is 2.52. The van der Waals surface area contributed by atoms with Crippen molar-refractivity contribution in [2.45, 2.75) is 59.3 Å². The van der Waals surface area contributed by atoms with Crippen molar-refractivity contribution in [3.8, 4) is 0 Å². The molecule has 0 aromatic heterocycles. The fraction of sp³-hybridized carbons (Fsp3) is 0.476. The van der Waals surface area contributed by atoms with Gasteiger partial charge in [0, 0.05) is 24.6 Å². The van der Waals surface area contributed by atoms with Crippen LogP contribution < -0.4 is 0 Å². The van der Waals surface area contributed by atoms with Crippen LogP contribution in [-0.2, 0) is 9.53 Å². The van der Waals surface area contributed by atoms with Crippen LogP contribution in [0, 0.1) is 20.8 Å². The molecule has 0 spiro atoms. The molecule has 0 radical (unpaired) electrons. The number of allylic oxidation sites excluding steroid dienone is 2. The van der Waals surface area contributed by atoms with Crippen molar-refractivity contribution in [1.82, 2.24) is 0 Å². The molecule has 1 aromatic carbocycles. The Labute approximate surface area is 154 Å². The lowest BCUT2D eigenvalue weighted by atomic mass is 9.78. The zero-order chi connectivity index (χ0) is 19.3. The number of hydrogen-bond acceptors (Lipinski definition) is 4. The second-order valence-corrected chi connectivity index (χ2v) is 6.82. The van der Waals surface area contributed by atoms with Crippen molar-refractivity contribution in [1.29, 1.82) is 0 Å². The number of aliphatic imine (C=N–C) groups is 1. The van der Waals surface area contributed by atoms with Crippen LogP contribution in [0.2, 0.25) is 0 Å². The number of ketones is 1. The smallest absolute Gasteiger partial charge is 0.433 e. The Balaban J connectivity index is 2.08. The molecular formula is C21H27NO4. The Morgan fingerprint density at radius 3 is 2.50 bits per heavy atom. The molecule has 2 rings (SSSR count). The zero-order valence-corrected chi connectivity index (χ0v) is 16.0. The Hall–Kier alpha value is -2.43. The van der Waals surface area contributed by atoms with Gasteiger partial charge in [-0.15, -0.1) is 0 Å². The maximum atomic E-state index is 12.6. The van der Waals surface area contributed by atoms with Crippen molar-refractivity contribution >= 4 is 18.1 Å². The Kier molecular flexibility index (Phi) is 6.72. The molecule has 0 bridgehead atoms. The van der Waals surface area contributed by atoms with E-state index < -0.39 is 6.09 Å². The molecule has 1 unspecified atom stereocenters. The number of nitrogens with zero attached hydrogens (tertiary/aromatic N) is 1. The first-order chi connectivity index (χ1) is 12.3. The lowest BCUT2D eigenvalue weighted by molar-refractivity contribution is -0.116. The van der Waals surface area contributed by atoms with Crippen molar-refractivity contribution in [2.75, 3.05) is 6.61 Å². The summed E-state index contributed by atoms with van der Waals surface area (Å²) >= 11 is 0. The van der Waals surface area contributed by atoms with Gasteiger partial charge in [0.1, 0.15) is 0 Å². The monoisotopic (exact) mass is 357 g/mol. The Morgan fingerprint density at radius 1 is 1.27 bits per heavy atom. The van der Waals surface area contributed by atoms with Gasteiger partial charge in [0.2, 0.25) is 0 Å². The van der Waals surface area contributed by atoms with Gasteiger partial charge in [0.05, 0.1) is 12.4 Å². The molecule has 140 valence electrons. The van der Waals surface area contributed by atoms with Gasteiger partial charge in [0.15, 0.2) is 5.78 Å². The average molecular weight is 357 g/mol. The minimum Gasteiger partial charge on any atom is -0.512 e. The summed E-state index contributed by atoms with van der Waals surface area (Å²) in [5.41, 5.74) is 5.15. The van der Waals surface area contributed by atoms with Crippen molar-refractivity contribution in [3.05, 3.63) is 45.7 Å². The van der Waals surface area contributed by atoms with Crippen LogP contribution >= 0.6 is 0 Å². The van der Waals surface area contributed by atoms with Crippen LogP contribution in [0.1, 0.15) is 60.8 Å². The highest BCUT2D eigenvalue weighted by atomic mass is 16.5. The first kappa shape index (κ1) is 19.9. The third-order valence-electron chi connectivity index (χ3n) is 4.69. The first-order valence-electron chi connectivity index (χ1n) is 9.04. The second kappa shape index (κ2) is 8.79. The fourth-order valence-electron chi connectivity index (χ4n) is 3.77. The third-order valence-corrected chi connectivity index (χ3v) is 4.69. The summed E-state index contributed by atoms with van der Waals surface area (Å²) in [5, 5.41) is 10.4. The quantitative estimate of drug-likeness (QED) is 0.762. The molecule has 1 atom stereocenters. The van der Waals surface area contributed by atoms with E-state index >= 15 is 0 Å². The number of carbonyl (C=O) groups excluding carboxylic acids is 2. The summed E-state index contributed by atoms with van der Waals surface area (Å²) < 4.78 is 4.70. The predicted octanol–water partition coefficient (Wildman–Crippen LogP) is 4.88. The molecule has 5 heteroatoms. The molecule has 1 N–H and O–H groups in total. The minimum atomic E-state index is -0.633. The fourth-order valence-corrected chi connectivity index (χ4v) is 3.77. The Morgan fingerprint density at radius 2 is 1.92 bits per heavy atom. The number of rotatable bonds is 5. The number of ether oxygens (including phenoxy) is 1. The number of benzene rings is 1. The number of hydrogen-bond donors (Lipinski definition) is 1. The summed E-state index contributed by atoms with van der Waals surface area (Å²) in [6.07, 6.45) is 2.47. The minimum absolute atomic E-state index is 0.0139. The number of aryl methyl sites for hydroxylation is 3. The van der Waals surface area contributed by atoms with E-state index in [9.17, 15) is 14.7 Å². The maximum absolute atomic E-state index is 12.6. The number of aliphatic hydroxyl groups excluding tert-OH is 1. The lowest BCUT2D eigenvalue weighted by Gasteiger charge is -2.26. The van der Waals surface area contributed by atoms with Gasteiger partial charge in [-0.3, -0.25) is 4.79 Å². The number of amides is 1. The van der Waals surface area contributed by atoms with E-state index in [2.05, 4.69) is 37.9 Å². The van der Waals surface area contributed by atoms with E-state index in [1.807, 2.05) is 0 Å². The van der Waals surface area contributed by atoms with E-state index in [4.69, 9.17) is 4.74 Å². The molecule has 5 nitrogen and oxygen atoms in total. The predicted molar refractivity (Wildman–Crippen MR) is 102 cm³/mol. The molecule has 0 saturated heterocycles. The molecule has 1 aromatic rings. The second-order valence-electron chi connectivity index (χ2n) is 6.82. The molecule has 26 heavy (non-hydrogen) atoms. The summed E-state index contributed by atoms with van der Waals surface area (Å²) in [6.45, 7) is 8.16. The van der Waals surface area contributed by atoms with Crippen molar-refractivity contribution in [2.24, 2.45) is 4.99 Å². The molecule has 0 aliphatic heterocycles. The molecule has 0 fully saturated rings. The van der Waals surface area contributed by atoms with Crippen LogP contribution in [0.25, 0.3) is 0 Å². The van der Waals surface area contributed by atoms with Gasteiger partial charge in [-0.2, -0.15) is 4.99 Å². The highest BCUT2D eigenvalue weighted by Gasteiger charge is 2.29. The lowest BCUT2D eigenvalue weighted by Crippen LogP contribution is -2.20. The van der Waals surface area contributed by atoms with Crippen molar-refractivity contribution in [3.63, 3.8) is 0 Å². The summed E-state index contributed by atoms with van der Waals surface area (Å²) in [7, 11) is 0. The standard InChI is InChI=1S/C21H27NO4/c1-5-26-21(25)22-8-6-7-17-18(23)11-16(12-19(17)24)20-14(3)9-13(2)10-15(20)4/h8-10,16,23H,5-7,11-12H2,1-4H3. The molecule has 1 aliphatic rings. The maximum Gasteiger partial charge on any atom is 0.433 e. The van der Waals surface area contributed by atoms with Gasteiger partial charge in [-0.25, -0.2) is 4.79 Å². The van der Waals surface area contributed by atoms with E-state index in [1.165, 1.54) is 17.3 Å². The van der Waals surface area contributed by atoms with Gasteiger partial charge < -0.3 is 9.84 Å². The number of Topliss-reactive ketones (excluding diaryl/α,β-unsaturated/α-hetero) is 1. The van der Waals surface area contributed by atoms with E-state index in [0.29, 0.717) is 31.3 Å². The highest BCUT2D eigenvalue weighted by molar-refractivity contribution is 5.97. The van der Waals surface area contributed by atoms with E-state index in [0.717, 1.165) is 11.1 Å². The van der Waals surface area contributed by atoms with Crippen LogP contribution in [0.4, 0.5) is 4.79 Å². The summed E-state index contributed by atoms with van der Waals surface area (Å²) in [6, 6.07) is 4.24. The van der Waals surface area contributed by atoms with Crippen LogP contribution in [0.5, 0.6) is 0 Å². The zero-order valence-electron chi connectivity index (χ0n) is 16.0. The molecule has 0 heterocycles. The van der Waals surface area contributed by atoms with Crippen molar-refractivity contribution < 1.29 is 19.4 Å². The first-order valence-corrected chi connectivity index (χ1v) is 9.04. The number of carbonyl (C=O) groups is 2. The SMILES string of the molecule is CCOC(=O)N=CCCC1=C(O)CC(c2c(C)cc(C)cc2C)CC1=O. The summed E-state index contributed by atoms with van der Waals surface area (Å²) in [4.78, 5) is 27.4. The van der Waals surface area contributed by atoms with E-state index in [-0.39, 0.29) is 24.1 Å². The molecular weight excluding hydrogens is 330 g/mol. The summed E-state index contributed by atoms with van der Waals surface area (Å²) in [5.74, 6) is 0.151. The van der Waals surface area contributed by atoms with Crippen LogP contribution in [-0.4, -0.2) is 29.8 Å². The van der Waals surface area contributed by atoms with Crippen LogP contribution in [0.3, 0.4) is 0 Å². The molecule has 1 amide bonds. The molecule has 1 aliphatic carbocycles. The Bertz CT molecular complexity index is 738. The normalized spacial score (nSPS) is 17.8. The third kappa shape index (κ3) is 4.81. The van der Waals surface area contributed by atoms with Gasteiger partial charge in [-0.1, -0.05) is 17.7 Å². The van der Waals surface area contributed by atoms with Gasteiger partial charge in [0.25, 0.3) is 0 Å².